The zero-order chi connectivity index (χ0) is 15.1. The second-order valence-electron chi connectivity index (χ2n) is 5.11. The minimum Gasteiger partial charge on any atom is -0.469 e. The fourth-order valence-corrected chi connectivity index (χ4v) is 2.46. The van der Waals surface area contributed by atoms with Crippen LogP contribution in [0.2, 0.25) is 0 Å². The fourth-order valence-electron chi connectivity index (χ4n) is 2.46. The number of benzene rings is 1. The van der Waals surface area contributed by atoms with E-state index in [1.807, 2.05) is 30.3 Å². The predicted octanol–water partition coefficient (Wildman–Crippen LogP) is 1.27. The lowest BCUT2D eigenvalue weighted by molar-refractivity contribution is -0.149. The Kier molecular flexibility index (Phi) is 5.75. The van der Waals surface area contributed by atoms with Gasteiger partial charge in [0.1, 0.15) is 0 Å². The van der Waals surface area contributed by atoms with Gasteiger partial charge in [0, 0.05) is 19.5 Å². The molecule has 0 unspecified atom stereocenters. The highest BCUT2D eigenvalue weighted by Crippen LogP contribution is 2.16. The van der Waals surface area contributed by atoms with E-state index in [1.165, 1.54) is 7.11 Å². The minimum atomic E-state index is -0.437. The Balaban J connectivity index is 1.99. The van der Waals surface area contributed by atoms with Crippen molar-refractivity contribution in [3.05, 3.63) is 35.9 Å². The van der Waals surface area contributed by atoms with Crippen molar-refractivity contribution in [1.82, 2.24) is 4.90 Å². The van der Waals surface area contributed by atoms with Crippen LogP contribution in [-0.2, 0) is 25.5 Å². The van der Waals surface area contributed by atoms with Crippen LogP contribution in [0.5, 0.6) is 0 Å². The summed E-state index contributed by atoms with van der Waals surface area (Å²) in [6.45, 7) is 2.32. The highest BCUT2D eigenvalue weighted by atomic mass is 16.5. The molecule has 0 aliphatic carbocycles. The topological polar surface area (TPSA) is 55.8 Å². The van der Waals surface area contributed by atoms with Gasteiger partial charge in [-0.1, -0.05) is 30.3 Å². The molecule has 21 heavy (non-hydrogen) atoms. The van der Waals surface area contributed by atoms with E-state index in [9.17, 15) is 9.59 Å². The first-order chi connectivity index (χ1) is 10.2. The molecule has 1 atom stereocenters. The summed E-state index contributed by atoms with van der Waals surface area (Å²) in [6, 6.07) is 9.68. The number of hydrogen-bond donors (Lipinski definition) is 0. The second kappa shape index (κ2) is 7.78. The van der Waals surface area contributed by atoms with Crippen molar-refractivity contribution in [2.45, 2.75) is 12.8 Å². The van der Waals surface area contributed by atoms with Gasteiger partial charge >= 0.3 is 5.97 Å². The predicted molar refractivity (Wildman–Crippen MR) is 77.7 cm³/mol. The van der Waals surface area contributed by atoms with Crippen molar-refractivity contribution in [2.75, 3.05) is 33.4 Å². The zero-order valence-corrected chi connectivity index (χ0v) is 12.3. The first kappa shape index (κ1) is 15.5. The largest absolute Gasteiger partial charge is 0.469 e. The van der Waals surface area contributed by atoms with Crippen LogP contribution >= 0.6 is 0 Å². The van der Waals surface area contributed by atoms with E-state index in [0.29, 0.717) is 32.7 Å². The van der Waals surface area contributed by atoms with Crippen LogP contribution in [0.1, 0.15) is 12.0 Å². The van der Waals surface area contributed by atoms with E-state index in [4.69, 9.17) is 9.47 Å². The number of rotatable bonds is 5. The lowest BCUT2D eigenvalue weighted by Crippen LogP contribution is -2.42. The Hall–Kier alpha value is -1.88. The molecule has 0 radical (unpaired) electrons. The van der Waals surface area contributed by atoms with Gasteiger partial charge in [-0.05, 0) is 12.0 Å². The van der Waals surface area contributed by atoms with Crippen LogP contribution in [0.3, 0.4) is 0 Å². The number of hydrogen-bond acceptors (Lipinski definition) is 4. The van der Waals surface area contributed by atoms with Crippen molar-refractivity contribution in [3.63, 3.8) is 0 Å². The average Bonchev–Trinajstić information content (AvgIpc) is 2.55. The van der Waals surface area contributed by atoms with E-state index in [2.05, 4.69) is 0 Å². The number of methoxy groups -OCH3 is 1. The molecule has 1 heterocycles. The molecule has 0 N–H and O–H groups in total. The molecule has 1 aliphatic rings. The summed E-state index contributed by atoms with van der Waals surface area (Å²) in [7, 11) is 1.36. The number of carbonyl (C=O) groups excluding carboxylic acids is 2. The monoisotopic (exact) mass is 291 g/mol. The van der Waals surface area contributed by atoms with E-state index in [-0.39, 0.29) is 18.3 Å². The average molecular weight is 291 g/mol. The van der Waals surface area contributed by atoms with Crippen molar-refractivity contribution in [1.29, 1.82) is 0 Å². The zero-order valence-electron chi connectivity index (χ0n) is 12.3. The summed E-state index contributed by atoms with van der Waals surface area (Å²) < 4.78 is 10.1. The maximum atomic E-state index is 12.3. The van der Waals surface area contributed by atoms with E-state index >= 15 is 0 Å². The molecule has 1 fully saturated rings. The molecule has 5 heteroatoms. The summed E-state index contributed by atoms with van der Waals surface area (Å²) in [5.74, 6) is -0.780. The van der Waals surface area contributed by atoms with Crippen molar-refractivity contribution in [3.8, 4) is 0 Å². The summed E-state index contributed by atoms with van der Waals surface area (Å²) in [4.78, 5) is 26.0. The number of ether oxygens (including phenoxy) is 2. The third-order valence-electron chi connectivity index (χ3n) is 3.64. The normalized spacial score (nSPS) is 16.3. The lowest BCUT2D eigenvalue weighted by atomic mass is 9.95. The second-order valence-corrected chi connectivity index (χ2v) is 5.11. The quantitative estimate of drug-likeness (QED) is 0.767. The molecule has 0 saturated carbocycles. The Morgan fingerprint density at radius 1 is 1.24 bits per heavy atom. The van der Waals surface area contributed by atoms with Crippen LogP contribution in [0.25, 0.3) is 0 Å². The molecular weight excluding hydrogens is 270 g/mol. The number of nitrogens with zero attached hydrogens (tertiary/aromatic N) is 1. The molecule has 0 bridgehead atoms. The number of morpholine rings is 1. The first-order valence-electron chi connectivity index (χ1n) is 7.18. The highest BCUT2D eigenvalue weighted by Gasteiger charge is 2.26. The summed E-state index contributed by atoms with van der Waals surface area (Å²) in [5.41, 5.74) is 1.03. The summed E-state index contributed by atoms with van der Waals surface area (Å²) in [6.07, 6.45) is 0.700. The Morgan fingerprint density at radius 3 is 2.52 bits per heavy atom. The first-order valence-corrected chi connectivity index (χ1v) is 7.18. The summed E-state index contributed by atoms with van der Waals surface area (Å²) >= 11 is 0. The third kappa shape index (κ3) is 4.56. The van der Waals surface area contributed by atoms with E-state index in [1.54, 1.807) is 4.90 Å². The molecule has 1 saturated heterocycles. The van der Waals surface area contributed by atoms with Crippen molar-refractivity contribution >= 4 is 11.9 Å². The maximum absolute atomic E-state index is 12.3. The van der Waals surface area contributed by atoms with Crippen molar-refractivity contribution in [2.24, 2.45) is 5.92 Å². The van der Waals surface area contributed by atoms with Crippen LogP contribution < -0.4 is 0 Å². The van der Waals surface area contributed by atoms with Gasteiger partial charge in [-0.15, -0.1) is 0 Å². The molecule has 1 aliphatic heterocycles. The third-order valence-corrected chi connectivity index (χ3v) is 3.64. The van der Waals surface area contributed by atoms with Crippen LogP contribution in [0, 0.1) is 5.92 Å². The molecule has 5 nitrogen and oxygen atoms in total. The Bertz CT molecular complexity index is 468. The molecule has 2 rings (SSSR count). The Morgan fingerprint density at radius 2 is 1.90 bits per heavy atom. The van der Waals surface area contributed by atoms with Crippen molar-refractivity contribution < 1.29 is 19.1 Å². The number of carbonyl (C=O) groups is 2. The highest BCUT2D eigenvalue weighted by molar-refractivity contribution is 5.83. The molecule has 114 valence electrons. The molecule has 1 aromatic carbocycles. The van der Waals surface area contributed by atoms with Gasteiger partial charge in [-0.25, -0.2) is 0 Å². The standard InChI is InChI=1S/C16H21NO4/c1-20-16(19)14(11-13-5-3-2-4-6-13)12-15(18)17-7-9-21-10-8-17/h2-6,14H,7-12H2,1H3/t14-/m1/s1. The van der Waals surface area contributed by atoms with Gasteiger partial charge < -0.3 is 14.4 Å². The smallest absolute Gasteiger partial charge is 0.309 e. The van der Waals surface area contributed by atoms with E-state index in [0.717, 1.165) is 5.56 Å². The van der Waals surface area contributed by atoms with Crippen LogP contribution in [0.15, 0.2) is 30.3 Å². The van der Waals surface area contributed by atoms with Gasteiger partial charge in [0.2, 0.25) is 5.91 Å². The summed E-state index contributed by atoms with van der Waals surface area (Å²) in [5, 5.41) is 0. The lowest BCUT2D eigenvalue weighted by Gasteiger charge is -2.28. The molecule has 1 amide bonds. The van der Waals surface area contributed by atoms with E-state index < -0.39 is 5.92 Å². The molecule has 0 spiro atoms. The number of amides is 1. The Labute approximate surface area is 124 Å². The molecule has 1 aromatic rings. The molecular formula is C16H21NO4. The minimum absolute atomic E-state index is 0.00960. The van der Waals surface area contributed by atoms with Gasteiger partial charge in [-0.3, -0.25) is 9.59 Å². The molecule has 0 aromatic heterocycles. The van der Waals surface area contributed by atoms with Gasteiger partial charge in [0.05, 0.1) is 26.2 Å². The van der Waals surface area contributed by atoms with Gasteiger partial charge in [0.25, 0.3) is 0 Å². The van der Waals surface area contributed by atoms with Gasteiger partial charge in [-0.2, -0.15) is 0 Å². The van der Waals surface area contributed by atoms with Gasteiger partial charge in [0.15, 0.2) is 0 Å². The SMILES string of the molecule is COC(=O)[C@@H](CC(=O)N1CCOCC1)Cc1ccccc1. The number of esters is 1. The van der Waals surface area contributed by atoms with Crippen LogP contribution in [0.4, 0.5) is 0 Å². The fraction of sp³-hybridized carbons (Fsp3) is 0.500. The maximum Gasteiger partial charge on any atom is 0.309 e. The van der Waals surface area contributed by atoms with Crippen LogP contribution in [-0.4, -0.2) is 50.2 Å².